The second kappa shape index (κ2) is 10.0. The van der Waals surface area contributed by atoms with Crippen LogP contribution >= 0.6 is 35.6 Å². The van der Waals surface area contributed by atoms with E-state index in [0.29, 0.717) is 28.1 Å². The van der Waals surface area contributed by atoms with Crippen LogP contribution in [0.15, 0.2) is 28.8 Å². The quantitative estimate of drug-likeness (QED) is 0.664. The lowest BCUT2D eigenvalue weighted by atomic mass is 9.94. The standard InChI is InChI=1S/C17H21Cl2N3O3.ClH/c1-3-17(20,4-2)10-21-16(23)14-8-11(25-22-14)9-24-15-12(18)6-5-7-13(15)19;/h5-8H,3-4,9-10,20H2,1-2H3,(H,21,23);1H. The third kappa shape index (κ3) is 5.77. The Balaban J connectivity index is 0.00000338. The van der Waals surface area contributed by atoms with E-state index < -0.39 is 5.54 Å². The molecule has 0 saturated carbocycles. The minimum absolute atomic E-state index is 0. The summed E-state index contributed by atoms with van der Waals surface area (Å²) >= 11 is 12.1. The number of nitrogens with two attached hydrogens (primary N) is 1. The summed E-state index contributed by atoms with van der Waals surface area (Å²) in [5, 5.41) is 7.31. The maximum Gasteiger partial charge on any atom is 0.273 e. The predicted octanol–water partition coefficient (Wildman–Crippen LogP) is 4.23. The van der Waals surface area contributed by atoms with Crippen LogP contribution in [0.5, 0.6) is 5.75 Å². The Morgan fingerprint density at radius 3 is 2.50 bits per heavy atom. The number of benzene rings is 1. The summed E-state index contributed by atoms with van der Waals surface area (Å²) < 4.78 is 10.7. The minimum Gasteiger partial charge on any atom is -0.482 e. The molecule has 0 aliphatic rings. The smallest absolute Gasteiger partial charge is 0.273 e. The van der Waals surface area contributed by atoms with Crippen molar-refractivity contribution in [3.63, 3.8) is 0 Å². The molecule has 1 aromatic heterocycles. The van der Waals surface area contributed by atoms with E-state index in [1.54, 1.807) is 18.2 Å². The van der Waals surface area contributed by atoms with Gasteiger partial charge >= 0.3 is 0 Å². The fraction of sp³-hybridized carbons (Fsp3) is 0.412. The molecule has 6 nitrogen and oxygen atoms in total. The number of nitrogens with one attached hydrogen (secondary N) is 1. The van der Waals surface area contributed by atoms with Crippen molar-refractivity contribution in [2.75, 3.05) is 6.54 Å². The SMILES string of the molecule is CCC(N)(CC)CNC(=O)c1cc(COc2c(Cl)cccc2Cl)on1.Cl. The number of hydrogen-bond donors (Lipinski definition) is 2. The monoisotopic (exact) mass is 421 g/mol. The van der Waals surface area contributed by atoms with Crippen molar-refractivity contribution >= 4 is 41.5 Å². The van der Waals surface area contributed by atoms with Crippen molar-refractivity contribution in [3.8, 4) is 5.75 Å². The lowest BCUT2D eigenvalue weighted by Crippen LogP contribution is -2.49. The van der Waals surface area contributed by atoms with Crippen molar-refractivity contribution in [2.24, 2.45) is 5.73 Å². The van der Waals surface area contributed by atoms with Crippen molar-refractivity contribution in [2.45, 2.75) is 38.8 Å². The number of carbonyl (C=O) groups is 1. The normalized spacial score (nSPS) is 11.0. The lowest BCUT2D eigenvalue weighted by molar-refractivity contribution is 0.0932. The number of aromatic nitrogens is 1. The molecule has 0 atom stereocenters. The van der Waals surface area contributed by atoms with Gasteiger partial charge in [0.2, 0.25) is 0 Å². The highest BCUT2D eigenvalue weighted by Crippen LogP contribution is 2.32. The second-order valence-electron chi connectivity index (χ2n) is 5.77. The van der Waals surface area contributed by atoms with Gasteiger partial charge in [-0.1, -0.05) is 48.3 Å². The van der Waals surface area contributed by atoms with Gasteiger partial charge in [0.25, 0.3) is 5.91 Å². The van der Waals surface area contributed by atoms with Gasteiger partial charge in [-0.15, -0.1) is 12.4 Å². The predicted molar refractivity (Wildman–Crippen MR) is 104 cm³/mol. The Labute approximate surface area is 168 Å². The maximum absolute atomic E-state index is 12.1. The number of hydrogen-bond acceptors (Lipinski definition) is 5. The van der Waals surface area contributed by atoms with E-state index in [2.05, 4.69) is 10.5 Å². The minimum atomic E-state index is -0.424. The van der Waals surface area contributed by atoms with Crippen LogP contribution in [0, 0.1) is 0 Å². The Kier molecular flexibility index (Phi) is 8.70. The summed E-state index contributed by atoms with van der Waals surface area (Å²) in [6, 6.07) is 6.57. The molecular weight excluding hydrogens is 401 g/mol. The summed E-state index contributed by atoms with van der Waals surface area (Å²) in [5.74, 6) is 0.390. The molecular formula is C17H22Cl3N3O3. The molecule has 0 aliphatic carbocycles. The fourth-order valence-electron chi connectivity index (χ4n) is 2.10. The first-order valence-corrected chi connectivity index (χ1v) is 8.73. The molecule has 1 heterocycles. The van der Waals surface area contributed by atoms with E-state index in [1.165, 1.54) is 6.07 Å². The zero-order valence-electron chi connectivity index (χ0n) is 14.6. The fourth-order valence-corrected chi connectivity index (χ4v) is 2.61. The molecule has 3 N–H and O–H groups in total. The molecule has 0 unspecified atom stereocenters. The molecule has 2 rings (SSSR count). The zero-order chi connectivity index (χ0) is 18.4. The van der Waals surface area contributed by atoms with Gasteiger partial charge in [-0.2, -0.15) is 0 Å². The molecule has 9 heteroatoms. The number of ether oxygens (including phenoxy) is 1. The van der Waals surface area contributed by atoms with E-state index in [-0.39, 0.29) is 30.6 Å². The highest BCUT2D eigenvalue weighted by molar-refractivity contribution is 6.37. The van der Waals surface area contributed by atoms with E-state index in [4.69, 9.17) is 38.2 Å². The molecule has 0 spiro atoms. The summed E-state index contributed by atoms with van der Waals surface area (Å²) in [7, 11) is 0. The summed E-state index contributed by atoms with van der Waals surface area (Å²) in [4.78, 5) is 12.1. The number of carbonyl (C=O) groups excluding carboxylic acids is 1. The first kappa shape index (κ1) is 22.6. The number of para-hydroxylation sites is 1. The van der Waals surface area contributed by atoms with Crippen molar-refractivity contribution in [1.82, 2.24) is 10.5 Å². The van der Waals surface area contributed by atoms with E-state index in [1.807, 2.05) is 13.8 Å². The zero-order valence-corrected chi connectivity index (χ0v) is 16.9. The number of halogens is 3. The Morgan fingerprint density at radius 1 is 1.31 bits per heavy atom. The highest BCUT2D eigenvalue weighted by Gasteiger charge is 2.22. The van der Waals surface area contributed by atoms with Gasteiger partial charge in [0, 0.05) is 18.2 Å². The molecule has 1 amide bonds. The molecule has 2 aromatic rings. The largest absolute Gasteiger partial charge is 0.482 e. The van der Waals surface area contributed by atoms with Crippen LogP contribution < -0.4 is 15.8 Å². The molecule has 0 saturated heterocycles. The van der Waals surface area contributed by atoms with Crippen LogP contribution in [0.2, 0.25) is 10.0 Å². The first-order chi connectivity index (χ1) is 11.9. The summed E-state index contributed by atoms with van der Waals surface area (Å²) in [6.07, 6.45) is 1.53. The van der Waals surface area contributed by atoms with Gasteiger partial charge in [0.1, 0.15) is 6.61 Å². The maximum atomic E-state index is 12.1. The van der Waals surface area contributed by atoms with Crippen molar-refractivity contribution in [3.05, 3.63) is 45.8 Å². The topological polar surface area (TPSA) is 90.4 Å². The van der Waals surface area contributed by atoms with E-state index in [0.717, 1.165) is 12.8 Å². The Bertz CT molecular complexity index is 713. The van der Waals surface area contributed by atoms with Gasteiger partial charge < -0.3 is 20.3 Å². The van der Waals surface area contributed by atoms with Gasteiger partial charge in [-0.3, -0.25) is 4.79 Å². The van der Waals surface area contributed by atoms with Crippen LogP contribution in [0.1, 0.15) is 42.9 Å². The van der Waals surface area contributed by atoms with Crippen molar-refractivity contribution in [1.29, 1.82) is 0 Å². The molecule has 0 radical (unpaired) electrons. The average Bonchev–Trinajstić information content (AvgIpc) is 3.08. The molecule has 144 valence electrons. The summed E-state index contributed by atoms with van der Waals surface area (Å²) in [5.41, 5.74) is 5.91. The van der Waals surface area contributed by atoms with Gasteiger partial charge in [-0.25, -0.2) is 0 Å². The van der Waals surface area contributed by atoms with Crippen LogP contribution in [0.4, 0.5) is 0 Å². The third-order valence-corrected chi connectivity index (χ3v) is 4.67. The van der Waals surface area contributed by atoms with Crippen LogP contribution in [-0.2, 0) is 6.61 Å². The molecule has 0 aliphatic heterocycles. The van der Waals surface area contributed by atoms with Gasteiger partial charge in [-0.05, 0) is 25.0 Å². The molecule has 26 heavy (non-hydrogen) atoms. The van der Waals surface area contributed by atoms with Crippen LogP contribution in [0.25, 0.3) is 0 Å². The first-order valence-electron chi connectivity index (χ1n) is 7.98. The van der Waals surface area contributed by atoms with Gasteiger partial charge in [0.15, 0.2) is 17.2 Å². The third-order valence-electron chi connectivity index (χ3n) is 4.08. The Hall–Kier alpha value is -1.47. The van der Waals surface area contributed by atoms with E-state index >= 15 is 0 Å². The van der Waals surface area contributed by atoms with Crippen LogP contribution in [-0.4, -0.2) is 23.1 Å². The average molecular weight is 423 g/mol. The lowest BCUT2D eigenvalue weighted by Gasteiger charge is -2.26. The van der Waals surface area contributed by atoms with Crippen LogP contribution in [0.3, 0.4) is 0 Å². The number of rotatable bonds is 8. The second-order valence-corrected chi connectivity index (χ2v) is 6.58. The number of amides is 1. The van der Waals surface area contributed by atoms with Crippen molar-refractivity contribution < 1.29 is 14.1 Å². The molecule has 0 fully saturated rings. The highest BCUT2D eigenvalue weighted by atomic mass is 35.5. The van der Waals surface area contributed by atoms with E-state index in [9.17, 15) is 4.79 Å². The number of nitrogens with zero attached hydrogens (tertiary/aromatic N) is 1. The Morgan fingerprint density at radius 2 is 1.92 bits per heavy atom. The molecule has 0 bridgehead atoms. The summed E-state index contributed by atoms with van der Waals surface area (Å²) in [6.45, 7) is 4.39. The van der Waals surface area contributed by atoms with Gasteiger partial charge in [0.05, 0.1) is 10.0 Å². The molecule has 1 aromatic carbocycles.